The SMILES string of the molecule is CCn1cncc1CNCCn1c(C)nc2ccccc21. The van der Waals surface area contributed by atoms with E-state index in [1.807, 2.05) is 18.6 Å². The lowest BCUT2D eigenvalue weighted by Crippen LogP contribution is -2.21. The van der Waals surface area contributed by atoms with Gasteiger partial charge in [0.2, 0.25) is 0 Å². The number of benzene rings is 1. The van der Waals surface area contributed by atoms with E-state index in [9.17, 15) is 0 Å². The maximum absolute atomic E-state index is 4.59. The smallest absolute Gasteiger partial charge is 0.106 e. The summed E-state index contributed by atoms with van der Waals surface area (Å²) in [5.41, 5.74) is 3.50. The van der Waals surface area contributed by atoms with Gasteiger partial charge in [0.1, 0.15) is 5.82 Å². The van der Waals surface area contributed by atoms with Gasteiger partial charge in [0.25, 0.3) is 0 Å². The van der Waals surface area contributed by atoms with Crippen LogP contribution in [-0.4, -0.2) is 25.6 Å². The first-order valence-corrected chi connectivity index (χ1v) is 7.41. The molecule has 0 aliphatic rings. The fourth-order valence-electron chi connectivity index (χ4n) is 2.67. The second-order valence-corrected chi connectivity index (χ2v) is 5.15. The molecule has 110 valence electrons. The summed E-state index contributed by atoms with van der Waals surface area (Å²) in [5.74, 6) is 1.07. The first-order valence-electron chi connectivity index (χ1n) is 7.41. The van der Waals surface area contributed by atoms with E-state index < -0.39 is 0 Å². The molecule has 21 heavy (non-hydrogen) atoms. The number of rotatable bonds is 6. The molecule has 1 aromatic carbocycles. The topological polar surface area (TPSA) is 47.7 Å². The average molecular weight is 283 g/mol. The van der Waals surface area contributed by atoms with Gasteiger partial charge in [0.05, 0.1) is 23.1 Å². The van der Waals surface area contributed by atoms with Crippen molar-refractivity contribution >= 4 is 11.0 Å². The Morgan fingerprint density at radius 2 is 2.10 bits per heavy atom. The predicted molar refractivity (Wildman–Crippen MR) is 84.1 cm³/mol. The molecule has 0 radical (unpaired) electrons. The van der Waals surface area contributed by atoms with Crippen LogP contribution in [0.1, 0.15) is 18.4 Å². The van der Waals surface area contributed by atoms with E-state index in [4.69, 9.17) is 0 Å². The first kappa shape index (κ1) is 13.8. The van der Waals surface area contributed by atoms with Crippen molar-refractivity contribution in [2.75, 3.05) is 6.54 Å². The minimum Gasteiger partial charge on any atom is -0.334 e. The van der Waals surface area contributed by atoms with Crippen LogP contribution in [0, 0.1) is 6.92 Å². The number of nitrogens with one attached hydrogen (secondary N) is 1. The van der Waals surface area contributed by atoms with E-state index in [0.29, 0.717) is 0 Å². The zero-order chi connectivity index (χ0) is 14.7. The number of imidazole rings is 2. The van der Waals surface area contributed by atoms with Crippen LogP contribution < -0.4 is 5.32 Å². The molecule has 0 spiro atoms. The molecule has 0 atom stereocenters. The lowest BCUT2D eigenvalue weighted by Gasteiger charge is -2.09. The second-order valence-electron chi connectivity index (χ2n) is 5.15. The van der Waals surface area contributed by atoms with Gasteiger partial charge in [0, 0.05) is 32.4 Å². The Labute approximate surface area is 124 Å². The molecule has 5 heteroatoms. The van der Waals surface area contributed by atoms with E-state index in [-0.39, 0.29) is 0 Å². The Hall–Kier alpha value is -2.14. The molecule has 3 rings (SSSR count). The highest BCUT2D eigenvalue weighted by Crippen LogP contribution is 2.14. The van der Waals surface area contributed by atoms with E-state index in [1.165, 1.54) is 11.2 Å². The summed E-state index contributed by atoms with van der Waals surface area (Å²) in [6.45, 7) is 7.84. The third-order valence-electron chi connectivity index (χ3n) is 3.80. The van der Waals surface area contributed by atoms with Gasteiger partial charge in [-0.1, -0.05) is 12.1 Å². The van der Waals surface area contributed by atoms with Crippen LogP contribution in [0.5, 0.6) is 0 Å². The van der Waals surface area contributed by atoms with Crippen molar-refractivity contribution in [3.8, 4) is 0 Å². The lowest BCUT2D eigenvalue weighted by atomic mass is 10.3. The Kier molecular flexibility index (Phi) is 4.01. The van der Waals surface area contributed by atoms with E-state index in [2.05, 4.69) is 56.5 Å². The molecule has 2 aromatic heterocycles. The maximum atomic E-state index is 4.59. The van der Waals surface area contributed by atoms with Gasteiger partial charge in [0.15, 0.2) is 0 Å². The minimum atomic E-state index is 0.847. The number of nitrogens with zero attached hydrogens (tertiary/aromatic N) is 4. The van der Waals surface area contributed by atoms with Crippen molar-refractivity contribution < 1.29 is 0 Å². The van der Waals surface area contributed by atoms with Crippen molar-refractivity contribution in [1.82, 2.24) is 24.4 Å². The minimum absolute atomic E-state index is 0.847. The van der Waals surface area contributed by atoms with Crippen molar-refractivity contribution in [3.63, 3.8) is 0 Å². The number of para-hydroxylation sites is 2. The van der Waals surface area contributed by atoms with Gasteiger partial charge in [-0.3, -0.25) is 0 Å². The normalized spacial score (nSPS) is 11.3. The Bertz CT molecular complexity index is 725. The summed E-state index contributed by atoms with van der Waals surface area (Å²) >= 11 is 0. The number of aromatic nitrogens is 4. The number of hydrogen-bond donors (Lipinski definition) is 1. The summed E-state index contributed by atoms with van der Waals surface area (Å²) in [5, 5.41) is 3.48. The maximum Gasteiger partial charge on any atom is 0.106 e. The van der Waals surface area contributed by atoms with Crippen molar-refractivity contribution in [2.45, 2.75) is 33.5 Å². The van der Waals surface area contributed by atoms with Crippen LogP contribution in [0.3, 0.4) is 0 Å². The molecule has 0 aliphatic heterocycles. The Balaban J connectivity index is 1.61. The predicted octanol–water partition coefficient (Wildman–Crippen LogP) is 2.35. The number of hydrogen-bond acceptors (Lipinski definition) is 3. The first-order chi connectivity index (χ1) is 10.3. The summed E-state index contributed by atoms with van der Waals surface area (Å²) in [6.07, 6.45) is 3.80. The zero-order valence-electron chi connectivity index (χ0n) is 12.6. The quantitative estimate of drug-likeness (QED) is 0.706. The Morgan fingerprint density at radius 3 is 2.95 bits per heavy atom. The van der Waals surface area contributed by atoms with Gasteiger partial charge in [-0.25, -0.2) is 9.97 Å². The third kappa shape index (κ3) is 2.83. The molecule has 5 nitrogen and oxygen atoms in total. The molecule has 0 unspecified atom stereocenters. The molecule has 1 N–H and O–H groups in total. The fourth-order valence-corrected chi connectivity index (χ4v) is 2.67. The van der Waals surface area contributed by atoms with Crippen molar-refractivity contribution in [3.05, 3.63) is 48.3 Å². The largest absolute Gasteiger partial charge is 0.334 e. The molecule has 0 amide bonds. The standard InChI is InChI=1S/C16H21N5/c1-3-20-12-18-11-14(20)10-17-8-9-21-13(2)19-15-6-4-5-7-16(15)21/h4-7,11-12,17H,3,8-10H2,1-2H3. The number of fused-ring (bicyclic) bond motifs is 1. The lowest BCUT2D eigenvalue weighted by molar-refractivity contribution is 0.575. The Morgan fingerprint density at radius 1 is 1.24 bits per heavy atom. The van der Waals surface area contributed by atoms with Crippen LogP contribution in [0.4, 0.5) is 0 Å². The van der Waals surface area contributed by atoms with Crippen molar-refractivity contribution in [1.29, 1.82) is 0 Å². The summed E-state index contributed by atoms with van der Waals surface area (Å²) in [7, 11) is 0. The molecule has 0 fully saturated rings. The molecule has 3 aromatic rings. The van der Waals surface area contributed by atoms with E-state index in [1.54, 1.807) is 0 Å². The van der Waals surface area contributed by atoms with Crippen LogP contribution in [0.15, 0.2) is 36.8 Å². The molecular weight excluding hydrogens is 262 g/mol. The van der Waals surface area contributed by atoms with Crippen LogP contribution in [-0.2, 0) is 19.6 Å². The highest BCUT2D eigenvalue weighted by Gasteiger charge is 2.06. The van der Waals surface area contributed by atoms with E-state index in [0.717, 1.165) is 37.5 Å². The third-order valence-corrected chi connectivity index (χ3v) is 3.80. The summed E-state index contributed by atoms with van der Waals surface area (Å²) in [6, 6.07) is 8.28. The highest BCUT2D eigenvalue weighted by molar-refractivity contribution is 5.75. The molecule has 0 aliphatic carbocycles. The molecule has 0 saturated heterocycles. The van der Waals surface area contributed by atoms with Gasteiger partial charge in [-0.05, 0) is 26.0 Å². The van der Waals surface area contributed by atoms with Crippen LogP contribution in [0.25, 0.3) is 11.0 Å². The molecule has 0 saturated carbocycles. The fraction of sp³-hybridized carbons (Fsp3) is 0.375. The zero-order valence-corrected chi connectivity index (χ0v) is 12.6. The molecule has 2 heterocycles. The second kappa shape index (κ2) is 6.10. The number of aryl methyl sites for hydroxylation is 2. The van der Waals surface area contributed by atoms with Gasteiger partial charge < -0.3 is 14.5 Å². The highest BCUT2D eigenvalue weighted by atomic mass is 15.1. The van der Waals surface area contributed by atoms with Crippen molar-refractivity contribution in [2.24, 2.45) is 0 Å². The van der Waals surface area contributed by atoms with Crippen LogP contribution >= 0.6 is 0 Å². The molecular formula is C16H21N5. The van der Waals surface area contributed by atoms with E-state index >= 15 is 0 Å². The monoisotopic (exact) mass is 283 g/mol. The molecule has 0 bridgehead atoms. The average Bonchev–Trinajstić information content (AvgIpc) is 3.07. The summed E-state index contributed by atoms with van der Waals surface area (Å²) in [4.78, 5) is 8.77. The van der Waals surface area contributed by atoms with Gasteiger partial charge in [-0.15, -0.1) is 0 Å². The summed E-state index contributed by atoms with van der Waals surface area (Å²) < 4.78 is 4.42. The van der Waals surface area contributed by atoms with Crippen LogP contribution in [0.2, 0.25) is 0 Å². The van der Waals surface area contributed by atoms with Gasteiger partial charge in [-0.2, -0.15) is 0 Å². The van der Waals surface area contributed by atoms with Gasteiger partial charge >= 0.3 is 0 Å².